The Kier molecular flexibility index (Phi) is 12.1. The molecule has 0 unspecified atom stereocenters. The summed E-state index contributed by atoms with van der Waals surface area (Å²) in [7, 11) is 0. The SMILES string of the molecule is C1CO1.C=C.O=C(O)O. The zero-order chi connectivity index (χ0) is 7.70. The standard InChI is InChI=1S/C2H4O.C2H4.CH2O3/c1-2-3-1;1-2;2-1(3)4/h1-2H2;1-2H2;(H2,2,3,4). The molecule has 0 aromatic rings. The van der Waals surface area contributed by atoms with E-state index in [1.54, 1.807) is 0 Å². The summed E-state index contributed by atoms with van der Waals surface area (Å²) >= 11 is 0. The molecule has 0 saturated carbocycles. The molecule has 1 aliphatic heterocycles. The molecular formula is C5H10O4. The van der Waals surface area contributed by atoms with Crippen LogP contribution < -0.4 is 0 Å². The third kappa shape index (κ3) is 191000. The molecule has 1 fully saturated rings. The number of carboxylic acid groups (broad SMARTS) is 2. The van der Waals surface area contributed by atoms with Crippen LogP contribution in [-0.2, 0) is 4.74 Å². The van der Waals surface area contributed by atoms with Crippen LogP contribution in [0, 0.1) is 0 Å². The molecule has 0 atom stereocenters. The molecule has 0 aromatic heterocycles. The molecule has 0 bridgehead atoms. The van der Waals surface area contributed by atoms with E-state index in [2.05, 4.69) is 17.9 Å². The van der Waals surface area contributed by atoms with Gasteiger partial charge in [-0.25, -0.2) is 4.79 Å². The Hall–Kier alpha value is -1.03. The fourth-order valence-electron chi connectivity index (χ4n) is 0. The molecule has 0 spiro atoms. The van der Waals surface area contributed by atoms with Crippen LogP contribution in [0.5, 0.6) is 0 Å². The van der Waals surface area contributed by atoms with Crippen molar-refractivity contribution in [3.05, 3.63) is 13.2 Å². The van der Waals surface area contributed by atoms with Crippen molar-refractivity contribution in [3.8, 4) is 0 Å². The molecule has 1 heterocycles. The fraction of sp³-hybridized carbons (Fsp3) is 0.400. The summed E-state index contributed by atoms with van der Waals surface area (Å²) in [6.07, 6.45) is -1.83. The summed E-state index contributed by atoms with van der Waals surface area (Å²) < 4.78 is 4.50. The van der Waals surface area contributed by atoms with E-state index in [1.807, 2.05) is 0 Å². The van der Waals surface area contributed by atoms with E-state index < -0.39 is 6.16 Å². The lowest BCUT2D eigenvalue weighted by Gasteiger charge is -1.60. The summed E-state index contributed by atoms with van der Waals surface area (Å²) in [6.45, 7) is 8.00. The first-order valence-electron chi connectivity index (χ1n) is 2.23. The summed E-state index contributed by atoms with van der Waals surface area (Å²) in [5.74, 6) is 0. The molecule has 1 aliphatic rings. The van der Waals surface area contributed by atoms with Gasteiger partial charge in [-0.2, -0.15) is 0 Å². The molecule has 4 heteroatoms. The van der Waals surface area contributed by atoms with Gasteiger partial charge in [-0.3, -0.25) is 0 Å². The quantitative estimate of drug-likeness (QED) is 0.383. The lowest BCUT2D eigenvalue weighted by molar-refractivity contribution is 0.137. The largest absolute Gasteiger partial charge is 0.503 e. The van der Waals surface area contributed by atoms with Crippen LogP contribution in [0.15, 0.2) is 13.2 Å². The van der Waals surface area contributed by atoms with Gasteiger partial charge in [0.05, 0.1) is 13.2 Å². The van der Waals surface area contributed by atoms with Gasteiger partial charge in [-0.1, -0.05) is 0 Å². The van der Waals surface area contributed by atoms with E-state index in [1.165, 1.54) is 0 Å². The minimum atomic E-state index is -1.83. The van der Waals surface area contributed by atoms with Crippen molar-refractivity contribution in [2.24, 2.45) is 0 Å². The molecule has 1 saturated heterocycles. The lowest BCUT2D eigenvalue weighted by Crippen LogP contribution is -1.81. The molecule has 2 N–H and O–H groups in total. The minimum absolute atomic E-state index is 1.00. The zero-order valence-corrected chi connectivity index (χ0v) is 5.04. The number of ether oxygens (including phenoxy) is 1. The van der Waals surface area contributed by atoms with Crippen LogP contribution in [0.1, 0.15) is 0 Å². The maximum Gasteiger partial charge on any atom is 0.503 e. The lowest BCUT2D eigenvalue weighted by atomic mass is 11.0. The van der Waals surface area contributed by atoms with E-state index >= 15 is 0 Å². The minimum Gasteiger partial charge on any atom is -0.450 e. The van der Waals surface area contributed by atoms with Crippen molar-refractivity contribution >= 4 is 6.16 Å². The molecule has 1 rings (SSSR count). The van der Waals surface area contributed by atoms with E-state index in [0.29, 0.717) is 0 Å². The molecule has 0 radical (unpaired) electrons. The number of rotatable bonds is 0. The second-order valence-electron chi connectivity index (χ2n) is 0.895. The van der Waals surface area contributed by atoms with Gasteiger partial charge in [-0.05, 0) is 0 Å². The predicted octanol–water partition coefficient (Wildman–Crippen LogP) is 1.04. The molecule has 0 aromatic carbocycles. The number of epoxide rings is 1. The highest BCUT2D eigenvalue weighted by Crippen LogP contribution is 1.84. The maximum absolute atomic E-state index is 8.56. The highest BCUT2D eigenvalue weighted by atomic mass is 16.6. The predicted molar refractivity (Wildman–Crippen MR) is 32.7 cm³/mol. The first kappa shape index (κ1) is 10.9. The average molecular weight is 134 g/mol. The van der Waals surface area contributed by atoms with Gasteiger partial charge in [0.15, 0.2) is 0 Å². The fourth-order valence-corrected chi connectivity index (χ4v) is 0. The number of hydrogen-bond donors (Lipinski definition) is 2. The highest BCUT2D eigenvalue weighted by molar-refractivity contribution is 5.53. The second-order valence-corrected chi connectivity index (χ2v) is 0.895. The van der Waals surface area contributed by atoms with Crippen LogP contribution >= 0.6 is 0 Å². The third-order valence-electron chi connectivity index (χ3n) is 0.204. The van der Waals surface area contributed by atoms with Crippen LogP contribution in [-0.4, -0.2) is 29.6 Å². The average Bonchev–Trinajstić information content (AvgIpc) is 2.50. The van der Waals surface area contributed by atoms with Gasteiger partial charge in [0.1, 0.15) is 0 Å². The Labute approximate surface area is 53.4 Å². The molecular weight excluding hydrogens is 124 g/mol. The Morgan fingerprint density at radius 1 is 1.33 bits per heavy atom. The van der Waals surface area contributed by atoms with Gasteiger partial charge in [0, 0.05) is 0 Å². The normalized spacial score (nSPS) is 11.1. The topological polar surface area (TPSA) is 70.1 Å². The van der Waals surface area contributed by atoms with E-state index in [9.17, 15) is 0 Å². The smallest absolute Gasteiger partial charge is 0.450 e. The Morgan fingerprint density at radius 3 is 1.44 bits per heavy atom. The van der Waals surface area contributed by atoms with E-state index in [-0.39, 0.29) is 0 Å². The van der Waals surface area contributed by atoms with Crippen LogP contribution in [0.25, 0.3) is 0 Å². The Morgan fingerprint density at radius 2 is 1.44 bits per heavy atom. The maximum atomic E-state index is 8.56. The van der Waals surface area contributed by atoms with Crippen LogP contribution in [0.4, 0.5) is 4.79 Å². The molecule has 0 amide bonds. The highest BCUT2D eigenvalue weighted by Gasteiger charge is 1.94. The van der Waals surface area contributed by atoms with Crippen molar-refractivity contribution in [2.75, 3.05) is 13.2 Å². The van der Waals surface area contributed by atoms with Crippen molar-refractivity contribution < 1.29 is 19.7 Å². The first-order chi connectivity index (χ1) is 4.23. The summed E-state index contributed by atoms with van der Waals surface area (Å²) in [5.41, 5.74) is 0. The van der Waals surface area contributed by atoms with Gasteiger partial charge < -0.3 is 14.9 Å². The van der Waals surface area contributed by atoms with Gasteiger partial charge in [-0.15, -0.1) is 13.2 Å². The van der Waals surface area contributed by atoms with Crippen LogP contribution in [0.3, 0.4) is 0 Å². The first-order valence-corrected chi connectivity index (χ1v) is 2.23. The number of hydrogen-bond acceptors (Lipinski definition) is 2. The summed E-state index contributed by atoms with van der Waals surface area (Å²) in [4.78, 5) is 8.56. The molecule has 9 heavy (non-hydrogen) atoms. The molecule has 0 aliphatic carbocycles. The summed E-state index contributed by atoms with van der Waals surface area (Å²) in [5, 5.41) is 13.9. The van der Waals surface area contributed by atoms with E-state index in [0.717, 1.165) is 13.2 Å². The van der Waals surface area contributed by atoms with Crippen molar-refractivity contribution in [3.63, 3.8) is 0 Å². The van der Waals surface area contributed by atoms with Crippen molar-refractivity contribution in [1.82, 2.24) is 0 Å². The van der Waals surface area contributed by atoms with E-state index in [4.69, 9.17) is 15.0 Å². The molecule has 54 valence electrons. The van der Waals surface area contributed by atoms with Gasteiger partial charge in [0.25, 0.3) is 0 Å². The Bertz CT molecular complexity index is 62.6. The third-order valence-corrected chi connectivity index (χ3v) is 0.204. The van der Waals surface area contributed by atoms with Gasteiger partial charge in [0.2, 0.25) is 0 Å². The second kappa shape index (κ2) is 10.1. The Balaban J connectivity index is 0. The van der Waals surface area contributed by atoms with Crippen molar-refractivity contribution in [2.45, 2.75) is 0 Å². The van der Waals surface area contributed by atoms with Gasteiger partial charge >= 0.3 is 6.16 Å². The van der Waals surface area contributed by atoms with Crippen LogP contribution in [0.2, 0.25) is 0 Å². The monoisotopic (exact) mass is 134 g/mol. The zero-order valence-electron chi connectivity index (χ0n) is 5.04. The number of carbonyl (C=O) groups is 1. The summed E-state index contributed by atoms with van der Waals surface area (Å²) in [6, 6.07) is 0. The molecule has 4 nitrogen and oxygen atoms in total. The van der Waals surface area contributed by atoms with Crippen molar-refractivity contribution in [1.29, 1.82) is 0 Å².